The van der Waals surface area contributed by atoms with Gasteiger partial charge in [-0.25, -0.2) is 4.79 Å². The summed E-state index contributed by atoms with van der Waals surface area (Å²) in [5, 5.41) is 12.8. The molecule has 256 valence electrons. The topological polar surface area (TPSA) is 88.1 Å². The number of hydrogen-bond acceptors (Lipinski definition) is 5. The summed E-state index contributed by atoms with van der Waals surface area (Å²) < 4.78 is 93.4. The molecule has 46 heavy (non-hydrogen) atoms. The Morgan fingerprint density at radius 1 is 0.804 bits per heavy atom. The van der Waals surface area contributed by atoms with Crippen LogP contribution < -0.4 is 14.8 Å². The van der Waals surface area contributed by atoms with E-state index in [9.17, 15) is 41.0 Å². The fourth-order valence-electron chi connectivity index (χ4n) is 5.41. The van der Waals surface area contributed by atoms with Crippen LogP contribution in [0.3, 0.4) is 0 Å². The van der Waals surface area contributed by atoms with Gasteiger partial charge in [-0.15, -0.1) is 0 Å². The Kier molecular flexibility index (Phi) is 12.0. The minimum atomic E-state index is -6.00. The highest BCUT2D eigenvalue weighted by molar-refractivity contribution is 6.07. The van der Waals surface area contributed by atoms with Crippen LogP contribution >= 0.6 is 0 Å². The molecule has 7 nitrogen and oxygen atoms in total. The molecule has 0 bridgehead atoms. The maximum atomic E-state index is 13.6. The van der Waals surface area contributed by atoms with Gasteiger partial charge in [-0.2, -0.15) is 26.3 Å². The van der Waals surface area contributed by atoms with Crippen LogP contribution in [-0.2, 0) is 28.8 Å². The van der Waals surface area contributed by atoms with Crippen LogP contribution in [0.15, 0.2) is 36.4 Å². The normalized spacial score (nSPS) is 17.4. The van der Waals surface area contributed by atoms with Crippen molar-refractivity contribution < 1.29 is 50.5 Å². The Labute approximate surface area is 265 Å². The average molecular weight is 661 g/mol. The SMILES string of the molecule is CCCCOc1ccc(C2(C)NC(=O)N(CCCCOc3c(CCC)cc(C(O)(C(F)(F)F)C(F)(F)F)cc3CCC)C2=O)cc1. The fourth-order valence-corrected chi connectivity index (χ4v) is 5.41. The van der Waals surface area contributed by atoms with Crippen molar-refractivity contribution in [2.75, 3.05) is 19.8 Å². The number of aryl methyl sites for hydroxylation is 2. The molecule has 1 saturated heterocycles. The molecule has 3 amide bonds. The van der Waals surface area contributed by atoms with Crippen LogP contribution in [-0.4, -0.2) is 54.1 Å². The Morgan fingerprint density at radius 2 is 1.35 bits per heavy atom. The molecule has 0 spiro atoms. The van der Waals surface area contributed by atoms with Gasteiger partial charge in [-0.3, -0.25) is 9.69 Å². The summed E-state index contributed by atoms with van der Waals surface area (Å²) in [5.74, 6) is 0.416. The van der Waals surface area contributed by atoms with E-state index in [0.29, 0.717) is 43.6 Å². The lowest BCUT2D eigenvalue weighted by molar-refractivity contribution is -0.376. The predicted molar refractivity (Wildman–Crippen MR) is 160 cm³/mol. The van der Waals surface area contributed by atoms with Crippen LogP contribution in [0.2, 0.25) is 0 Å². The second-order valence-electron chi connectivity index (χ2n) is 11.6. The molecule has 2 N–H and O–H groups in total. The number of ether oxygens (including phenoxy) is 2. The summed E-state index contributed by atoms with van der Waals surface area (Å²) in [6.07, 6.45) is -8.36. The number of alkyl halides is 6. The number of rotatable bonds is 16. The van der Waals surface area contributed by atoms with Gasteiger partial charge in [0.25, 0.3) is 11.5 Å². The summed E-state index contributed by atoms with van der Waals surface area (Å²) in [5.41, 5.74) is -6.75. The van der Waals surface area contributed by atoms with E-state index in [2.05, 4.69) is 12.2 Å². The lowest BCUT2D eigenvalue weighted by atomic mass is 9.87. The number of aliphatic hydroxyl groups is 1. The first-order valence-electron chi connectivity index (χ1n) is 15.6. The van der Waals surface area contributed by atoms with Gasteiger partial charge in [0.05, 0.1) is 13.2 Å². The summed E-state index contributed by atoms with van der Waals surface area (Å²) in [4.78, 5) is 27.2. The summed E-state index contributed by atoms with van der Waals surface area (Å²) >= 11 is 0. The smallest absolute Gasteiger partial charge is 0.430 e. The third-order valence-corrected chi connectivity index (χ3v) is 8.02. The second-order valence-corrected chi connectivity index (χ2v) is 11.6. The Hall–Kier alpha value is -3.48. The number of benzene rings is 2. The van der Waals surface area contributed by atoms with E-state index < -0.39 is 41.0 Å². The molecule has 1 unspecified atom stereocenters. The van der Waals surface area contributed by atoms with Gasteiger partial charge in [0.2, 0.25) is 0 Å². The number of urea groups is 1. The van der Waals surface area contributed by atoms with Crippen LogP contribution in [0.25, 0.3) is 0 Å². The number of halogens is 6. The maximum absolute atomic E-state index is 13.6. The van der Waals surface area contributed by atoms with Gasteiger partial charge in [-0.05, 0) is 80.0 Å². The zero-order valence-electron chi connectivity index (χ0n) is 26.5. The van der Waals surface area contributed by atoms with Gasteiger partial charge in [-0.1, -0.05) is 52.2 Å². The first-order valence-corrected chi connectivity index (χ1v) is 15.6. The molecule has 1 heterocycles. The van der Waals surface area contributed by atoms with E-state index in [-0.39, 0.29) is 42.9 Å². The molecular weight excluding hydrogens is 618 g/mol. The van der Waals surface area contributed by atoms with Crippen molar-refractivity contribution in [3.63, 3.8) is 0 Å². The quantitative estimate of drug-likeness (QED) is 0.109. The van der Waals surface area contributed by atoms with Crippen molar-refractivity contribution in [3.05, 3.63) is 58.7 Å². The third kappa shape index (κ3) is 7.72. The first-order chi connectivity index (χ1) is 21.5. The minimum Gasteiger partial charge on any atom is -0.494 e. The van der Waals surface area contributed by atoms with E-state index >= 15 is 0 Å². The van der Waals surface area contributed by atoms with E-state index in [0.717, 1.165) is 29.9 Å². The lowest BCUT2D eigenvalue weighted by Gasteiger charge is -2.33. The van der Waals surface area contributed by atoms with E-state index in [1.54, 1.807) is 45.0 Å². The molecule has 13 heteroatoms. The zero-order chi connectivity index (χ0) is 34.3. The van der Waals surface area contributed by atoms with Crippen molar-refractivity contribution >= 4 is 11.9 Å². The molecule has 1 aliphatic heterocycles. The Morgan fingerprint density at radius 3 is 1.85 bits per heavy atom. The number of nitrogens with one attached hydrogen (secondary N) is 1. The Balaban J connectivity index is 1.70. The summed E-state index contributed by atoms with van der Waals surface area (Å²) in [6.45, 7) is 7.81. The maximum Gasteiger partial charge on any atom is 0.430 e. The molecule has 2 aromatic rings. The zero-order valence-corrected chi connectivity index (χ0v) is 26.5. The van der Waals surface area contributed by atoms with Gasteiger partial charge in [0.1, 0.15) is 17.0 Å². The van der Waals surface area contributed by atoms with Crippen LogP contribution in [0, 0.1) is 0 Å². The highest BCUT2D eigenvalue weighted by atomic mass is 19.4. The fraction of sp³-hybridized carbons (Fsp3) is 0.576. The molecule has 1 aliphatic rings. The van der Waals surface area contributed by atoms with E-state index in [4.69, 9.17) is 9.47 Å². The Bertz CT molecular complexity index is 1300. The van der Waals surface area contributed by atoms with Crippen molar-refractivity contribution in [3.8, 4) is 11.5 Å². The molecule has 1 fully saturated rings. The van der Waals surface area contributed by atoms with E-state index in [1.807, 2.05) is 0 Å². The van der Waals surface area contributed by atoms with Gasteiger partial charge < -0.3 is 19.9 Å². The van der Waals surface area contributed by atoms with Crippen molar-refractivity contribution in [1.29, 1.82) is 0 Å². The molecule has 0 saturated carbocycles. The number of amides is 3. The number of imide groups is 1. The van der Waals surface area contributed by atoms with Gasteiger partial charge in [0, 0.05) is 12.1 Å². The van der Waals surface area contributed by atoms with E-state index in [1.165, 1.54) is 0 Å². The largest absolute Gasteiger partial charge is 0.494 e. The van der Waals surface area contributed by atoms with Crippen LogP contribution in [0.5, 0.6) is 11.5 Å². The van der Waals surface area contributed by atoms with Gasteiger partial charge >= 0.3 is 18.4 Å². The second kappa shape index (κ2) is 15.0. The molecule has 0 radical (unpaired) electrons. The minimum absolute atomic E-state index is 0.0377. The monoisotopic (exact) mass is 660 g/mol. The number of unbranched alkanes of at least 4 members (excludes halogenated alkanes) is 2. The highest BCUT2D eigenvalue weighted by Gasteiger charge is 2.71. The number of nitrogens with zero attached hydrogens (tertiary/aromatic N) is 1. The van der Waals surface area contributed by atoms with Crippen molar-refractivity contribution in [2.24, 2.45) is 0 Å². The summed E-state index contributed by atoms with van der Waals surface area (Å²) in [7, 11) is 0. The number of carbonyl (C=O) groups excluding carboxylic acids is 2. The molecule has 1 atom stereocenters. The molecule has 2 aromatic carbocycles. The lowest BCUT2D eigenvalue weighted by Crippen LogP contribution is -2.54. The first kappa shape index (κ1) is 37.0. The summed E-state index contributed by atoms with van der Waals surface area (Å²) in [6, 6.07) is 7.84. The van der Waals surface area contributed by atoms with Crippen molar-refractivity contribution in [2.45, 2.75) is 103 Å². The third-order valence-electron chi connectivity index (χ3n) is 8.02. The van der Waals surface area contributed by atoms with Crippen molar-refractivity contribution in [1.82, 2.24) is 10.2 Å². The van der Waals surface area contributed by atoms with Crippen LogP contribution in [0.1, 0.15) is 88.5 Å². The standard InChI is InChI=1S/C33H42F6N2O5/c1-5-8-18-45-26-15-13-24(14-16-26)30(4)28(42)41(29(43)40-30)17-9-10-19-46-27-22(11-6-2)20-25(21-23(27)12-7-3)31(44,32(34,35)36)33(37,38)39/h13-16,20-21,44H,5-12,17-19H2,1-4H3,(H,40,43). The average Bonchev–Trinajstić information content (AvgIpc) is 3.20. The highest BCUT2D eigenvalue weighted by Crippen LogP contribution is 2.51. The number of carbonyl (C=O) groups is 2. The van der Waals surface area contributed by atoms with Crippen LogP contribution in [0.4, 0.5) is 31.1 Å². The molecule has 0 aliphatic carbocycles. The predicted octanol–water partition coefficient (Wildman–Crippen LogP) is 7.71. The molecular formula is C33H42F6N2O5. The molecule has 3 rings (SSSR count). The van der Waals surface area contributed by atoms with Gasteiger partial charge in [0.15, 0.2) is 0 Å². The molecule has 0 aromatic heterocycles. The number of hydrogen-bond donors (Lipinski definition) is 2.